The van der Waals surface area contributed by atoms with Gasteiger partial charge in [0.2, 0.25) is 0 Å². The Bertz CT molecular complexity index is 1220. The van der Waals surface area contributed by atoms with Crippen LogP contribution >= 0.6 is 27.5 Å². The van der Waals surface area contributed by atoms with Gasteiger partial charge in [-0.1, -0.05) is 29.8 Å². The van der Waals surface area contributed by atoms with E-state index in [-0.39, 0.29) is 23.6 Å². The second-order valence-electron chi connectivity index (χ2n) is 6.39. The van der Waals surface area contributed by atoms with Gasteiger partial charge >= 0.3 is 5.97 Å². The Kier molecular flexibility index (Phi) is 8.11. The first-order chi connectivity index (χ1) is 15.8. The van der Waals surface area contributed by atoms with Crippen LogP contribution in [-0.2, 0) is 4.79 Å². The van der Waals surface area contributed by atoms with Crippen LogP contribution in [-0.4, -0.2) is 29.6 Å². The molecule has 33 heavy (non-hydrogen) atoms. The van der Waals surface area contributed by atoms with Crippen molar-refractivity contribution in [2.24, 2.45) is 5.10 Å². The molecular formula is C22H15BrClN3O6. The molecule has 1 N–H and O–H groups in total. The lowest BCUT2D eigenvalue weighted by Crippen LogP contribution is -2.24. The van der Waals surface area contributed by atoms with Crippen LogP contribution in [0.25, 0.3) is 0 Å². The van der Waals surface area contributed by atoms with Crippen molar-refractivity contribution in [3.8, 4) is 11.5 Å². The first-order valence-electron chi connectivity index (χ1n) is 9.29. The second-order valence-corrected chi connectivity index (χ2v) is 7.68. The summed E-state index contributed by atoms with van der Waals surface area (Å²) in [4.78, 5) is 34.9. The number of carbonyl (C=O) groups excluding carboxylic acids is 2. The number of nitro benzene ring substituents is 1. The number of halogens is 2. The molecule has 0 radical (unpaired) electrons. The highest BCUT2D eigenvalue weighted by Crippen LogP contribution is 2.28. The molecule has 11 heteroatoms. The van der Waals surface area contributed by atoms with Gasteiger partial charge < -0.3 is 9.47 Å². The van der Waals surface area contributed by atoms with Gasteiger partial charge in [-0.3, -0.25) is 14.9 Å². The van der Waals surface area contributed by atoms with E-state index in [9.17, 15) is 19.7 Å². The predicted molar refractivity (Wildman–Crippen MR) is 125 cm³/mol. The third-order valence-electron chi connectivity index (χ3n) is 4.06. The number of esters is 1. The van der Waals surface area contributed by atoms with Crippen LogP contribution < -0.4 is 14.9 Å². The maximum absolute atomic E-state index is 12.3. The van der Waals surface area contributed by atoms with Gasteiger partial charge in [0.25, 0.3) is 11.6 Å². The zero-order valence-electron chi connectivity index (χ0n) is 16.7. The number of rotatable bonds is 8. The highest BCUT2D eigenvalue weighted by Gasteiger charge is 2.15. The third-order valence-corrected chi connectivity index (χ3v) is 4.92. The molecule has 0 aliphatic rings. The van der Waals surface area contributed by atoms with Gasteiger partial charge in [-0.15, -0.1) is 0 Å². The monoisotopic (exact) mass is 531 g/mol. The number of nitro groups is 1. The smallest absolute Gasteiger partial charge is 0.343 e. The van der Waals surface area contributed by atoms with Crippen LogP contribution in [0.3, 0.4) is 0 Å². The quantitative estimate of drug-likeness (QED) is 0.147. The van der Waals surface area contributed by atoms with Crippen LogP contribution in [0.4, 0.5) is 5.69 Å². The third kappa shape index (κ3) is 6.86. The van der Waals surface area contributed by atoms with Crippen molar-refractivity contribution in [2.45, 2.75) is 0 Å². The number of hydrogen-bond acceptors (Lipinski definition) is 7. The summed E-state index contributed by atoms with van der Waals surface area (Å²) in [6, 6.07) is 16.7. The SMILES string of the molecule is O=C(COc1ccc(Cl)cc1Br)NN=Cc1cc([N+](=O)[O-])ccc1OC(=O)c1ccccc1. The van der Waals surface area contributed by atoms with E-state index in [0.29, 0.717) is 20.8 Å². The Morgan fingerprint density at radius 2 is 1.82 bits per heavy atom. The number of amides is 1. The first kappa shape index (κ1) is 23.9. The first-order valence-corrected chi connectivity index (χ1v) is 10.5. The summed E-state index contributed by atoms with van der Waals surface area (Å²) in [6.07, 6.45) is 1.14. The molecule has 0 heterocycles. The predicted octanol–water partition coefficient (Wildman–Crippen LogP) is 4.76. The summed E-state index contributed by atoms with van der Waals surface area (Å²) in [5.41, 5.74) is 2.43. The molecule has 0 aliphatic carbocycles. The van der Waals surface area contributed by atoms with Gasteiger partial charge in [0.15, 0.2) is 6.61 Å². The van der Waals surface area contributed by atoms with E-state index in [1.165, 1.54) is 18.2 Å². The number of ether oxygens (including phenoxy) is 2. The molecule has 3 rings (SSSR count). The number of nitrogens with zero attached hydrogens (tertiary/aromatic N) is 2. The lowest BCUT2D eigenvalue weighted by molar-refractivity contribution is -0.384. The summed E-state index contributed by atoms with van der Waals surface area (Å²) in [6.45, 7) is -0.345. The van der Waals surface area contributed by atoms with E-state index < -0.39 is 16.8 Å². The molecule has 0 fully saturated rings. The summed E-state index contributed by atoms with van der Waals surface area (Å²) in [5, 5.41) is 15.4. The molecule has 0 saturated heterocycles. The fourth-order valence-corrected chi connectivity index (χ4v) is 3.32. The number of hydrazone groups is 1. The topological polar surface area (TPSA) is 120 Å². The maximum Gasteiger partial charge on any atom is 0.343 e. The lowest BCUT2D eigenvalue weighted by Gasteiger charge is -2.08. The largest absolute Gasteiger partial charge is 0.483 e. The molecule has 0 saturated carbocycles. The maximum atomic E-state index is 12.3. The van der Waals surface area contributed by atoms with Crippen LogP contribution in [0.5, 0.6) is 11.5 Å². The van der Waals surface area contributed by atoms with Crippen molar-refractivity contribution in [3.05, 3.63) is 97.5 Å². The van der Waals surface area contributed by atoms with E-state index in [4.69, 9.17) is 21.1 Å². The molecule has 0 unspecified atom stereocenters. The average Bonchev–Trinajstić information content (AvgIpc) is 2.80. The van der Waals surface area contributed by atoms with Crippen molar-refractivity contribution < 1.29 is 24.0 Å². The molecular weight excluding hydrogens is 518 g/mol. The van der Waals surface area contributed by atoms with Gasteiger partial charge in [0.05, 0.1) is 21.2 Å². The van der Waals surface area contributed by atoms with E-state index in [1.807, 2.05) is 0 Å². The number of non-ortho nitro benzene ring substituents is 1. The number of carbonyl (C=O) groups is 2. The molecule has 9 nitrogen and oxygen atoms in total. The normalized spacial score (nSPS) is 10.6. The minimum absolute atomic E-state index is 0.0359. The molecule has 168 valence electrons. The molecule has 0 aliphatic heterocycles. The molecule has 0 atom stereocenters. The van der Waals surface area contributed by atoms with Crippen molar-refractivity contribution >= 4 is 51.3 Å². The molecule has 0 spiro atoms. The summed E-state index contributed by atoms with van der Waals surface area (Å²) in [5.74, 6) is -0.785. The Morgan fingerprint density at radius 3 is 2.52 bits per heavy atom. The molecule has 3 aromatic rings. The Morgan fingerprint density at radius 1 is 1.09 bits per heavy atom. The van der Waals surface area contributed by atoms with Gasteiger partial charge in [0, 0.05) is 22.7 Å². The van der Waals surface area contributed by atoms with E-state index in [1.54, 1.807) is 48.5 Å². The van der Waals surface area contributed by atoms with Crippen LogP contribution in [0.2, 0.25) is 5.02 Å². The highest BCUT2D eigenvalue weighted by atomic mass is 79.9. The average molecular weight is 533 g/mol. The minimum atomic E-state index is -0.648. The molecule has 0 aromatic heterocycles. The fraction of sp³-hybridized carbons (Fsp3) is 0.0455. The minimum Gasteiger partial charge on any atom is -0.483 e. The number of benzene rings is 3. The van der Waals surface area contributed by atoms with Crippen LogP contribution in [0, 0.1) is 10.1 Å². The van der Waals surface area contributed by atoms with Gasteiger partial charge in [0.1, 0.15) is 11.5 Å². The van der Waals surface area contributed by atoms with E-state index >= 15 is 0 Å². The van der Waals surface area contributed by atoms with E-state index in [0.717, 1.165) is 6.21 Å². The van der Waals surface area contributed by atoms with Gasteiger partial charge in [-0.05, 0) is 52.3 Å². The highest BCUT2D eigenvalue weighted by molar-refractivity contribution is 9.10. The summed E-state index contributed by atoms with van der Waals surface area (Å²) >= 11 is 9.13. The van der Waals surface area contributed by atoms with E-state index in [2.05, 4.69) is 26.5 Å². The van der Waals surface area contributed by atoms with Gasteiger partial charge in [-0.2, -0.15) is 5.10 Å². The van der Waals surface area contributed by atoms with Crippen molar-refractivity contribution in [2.75, 3.05) is 6.61 Å². The Hall–Kier alpha value is -3.76. The summed E-state index contributed by atoms with van der Waals surface area (Å²) < 4.78 is 11.3. The Balaban J connectivity index is 1.68. The van der Waals surface area contributed by atoms with Crippen molar-refractivity contribution in [1.29, 1.82) is 0 Å². The Labute approximate surface area is 201 Å². The van der Waals surface area contributed by atoms with Crippen LogP contribution in [0.15, 0.2) is 76.3 Å². The van der Waals surface area contributed by atoms with Crippen molar-refractivity contribution in [3.63, 3.8) is 0 Å². The summed E-state index contributed by atoms with van der Waals surface area (Å²) in [7, 11) is 0. The zero-order chi connectivity index (χ0) is 23.8. The fourth-order valence-electron chi connectivity index (χ4n) is 2.52. The number of hydrogen-bond donors (Lipinski definition) is 1. The van der Waals surface area contributed by atoms with Crippen LogP contribution in [0.1, 0.15) is 15.9 Å². The van der Waals surface area contributed by atoms with Gasteiger partial charge in [-0.25, -0.2) is 10.2 Å². The molecule has 1 amide bonds. The second kappa shape index (κ2) is 11.2. The lowest BCUT2D eigenvalue weighted by atomic mass is 10.2. The standard InChI is InChI=1S/C22H15BrClN3O6/c23-18-11-16(24)6-8-20(18)32-13-21(28)26-25-12-15-10-17(27(30)31)7-9-19(15)33-22(29)14-4-2-1-3-5-14/h1-12H,13H2,(H,26,28). The molecule has 3 aromatic carbocycles. The van der Waals surface area contributed by atoms with Crippen molar-refractivity contribution in [1.82, 2.24) is 5.43 Å². The number of nitrogens with one attached hydrogen (secondary N) is 1. The molecule has 0 bridgehead atoms. The zero-order valence-corrected chi connectivity index (χ0v) is 19.1.